The van der Waals surface area contributed by atoms with Crippen LogP contribution >= 0.6 is 35.1 Å². The Labute approximate surface area is 84.2 Å². The van der Waals surface area contributed by atoms with Crippen molar-refractivity contribution < 1.29 is 4.79 Å². The summed E-state index contributed by atoms with van der Waals surface area (Å²) in [5.74, 6) is 0. The van der Waals surface area contributed by atoms with Crippen LogP contribution < -0.4 is 5.14 Å². The molecule has 64 valence electrons. The molecule has 0 unspecified atom stereocenters. The van der Waals surface area contributed by atoms with Crippen molar-refractivity contribution in [2.24, 2.45) is 5.14 Å². The second-order valence-electron chi connectivity index (χ2n) is 2.03. The molecular formula is C7H5Cl2NOS. The molecule has 0 saturated heterocycles. The molecule has 0 spiro atoms. The van der Waals surface area contributed by atoms with Crippen LogP contribution in [-0.2, 0) is 0 Å². The molecule has 0 aliphatic carbocycles. The number of hydrogen-bond donors (Lipinski definition) is 1. The average molecular weight is 222 g/mol. The van der Waals surface area contributed by atoms with E-state index in [-0.39, 0.29) is 5.12 Å². The molecule has 0 aliphatic rings. The molecule has 0 fully saturated rings. The summed E-state index contributed by atoms with van der Waals surface area (Å²) in [6.07, 6.45) is 0. The third kappa shape index (κ3) is 2.14. The van der Waals surface area contributed by atoms with Crippen LogP contribution in [0.25, 0.3) is 0 Å². The standard InChI is InChI=1S/C7H5Cl2NOS/c8-5-2-1-4(3-6(5)9)7(11)12-10/h1-3H,10H2. The highest BCUT2D eigenvalue weighted by Gasteiger charge is 2.06. The van der Waals surface area contributed by atoms with Gasteiger partial charge in [0.15, 0.2) is 0 Å². The Kier molecular flexibility index (Phi) is 3.40. The summed E-state index contributed by atoms with van der Waals surface area (Å²) >= 11 is 12.0. The van der Waals surface area contributed by atoms with Crippen LogP contribution in [0.3, 0.4) is 0 Å². The van der Waals surface area contributed by atoms with Gasteiger partial charge in [-0.25, -0.2) is 0 Å². The zero-order valence-electron chi connectivity index (χ0n) is 5.88. The summed E-state index contributed by atoms with van der Waals surface area (Å²) < 4.78 is 0. The largest absolute Gasteiger partial charge is 0.280 e. The van der Waals surface area contributed by atoms with E-state index in [1.807, 2.05) is 0 Å². The summed E-state index contributed by atoms with van der Waals surface area (Å²) in [7, 11) is 0. The lowest BCUT2D eigenvalue weighted by atomic mass is 10.2. The van der Waals surface area contributed by atoms with Crippen molar-refractivity contribution >= 4 is 40.3 Å². The van der Waals surface area contributed by atoms with Gasteiger partial charge in [0, 0.05) is 5.56 Å². The van der Waals surface area contributed by atoms with Gasteiger partial charge in [0.1, 0.15) is 0 Å². The van der Waals surface area contributed by atoms with Crippen LogP contribution in [0, 0.1) is 0 Å². The molecule has 0 bridgehead atoms. The van der Waals surface area contributed by atoms with Gasteiger partial charge in [0.05, 0.1) is 10.0 Å². The van der Waals surface area contributed by atoms with Gasteiger partial charge in [-0.2, -0.15) is 0 Å². The molecule has 0 amide bonds. The fourth-order valence-corrected chi connectivity index (χ4v) is 1.25. The van der Waals surface area contributed by atoms with E-state index in [2.05, 4.69) is 0 Å². The Balaban J connectivity index is 3.05. The van der Waals surface area contributed by atoms with E-state index >= 15 is 0 Å². The van der Waals surface area contributed by atoms with E-state index in [0.717, 1.165) is 0 Å². The van der Waals surface area contributed by atoms with E-state index in [4.69, 9.17) is 28.3 Å². The van der Waals surface area contributed by atoms with Gasteiger partial charge in [-0.1, -0.05) is 23.2 Å². The molecule has 12 heavy (non-hydrogen) atoms. The molecule has 2 nitrogen and oxygen atoms in total. The second-order valence-corrected chi connectivity index (χ2v) is 3.46. The smallest absolute Gasteiger partial charge is 0.233 e. The van der Waals surface area contributed by atoms with Crippen molar-refractivity contribution in [3.63, 3.8) is 0 Å². The minimum atomic E-state index is -0.228. The molecule has 0 aliphatic heterocycles. The Morgan fingerprint density at radius 2 is 2.00 bits per heavy atom. The van der Waals surface area contributed by atoms with Gasteiger partial charge in [-0.05, 0) is 30.1 Å². The monoisotopic (exact) mass is 221 g/mol. The Morgan fingerprint density at radius 1 is 1.33 bits per heavy atom. The summed E-state index contributed by atoms with van der Waals surface area (Å²) in [5.41, 5.74) is 0.455. The molecule has 0 radical (unpaired) electrons. The zero-order chi connectivity index (χ0) is 9.14. The second kappa shape index (κ2) is 4.14. The molecular weight excluding hydrogens is 217 g/mol. The van der Waals surface area contributed by atoms with Gasteiger partial charge in [0.25, 0.3) is 0 Å². The van der Waals surface area contributed by atoms with E-state index in [0.29, 0.717) is 27.6 Å². The van der Waals surface area contributed by atoms with E-state index in [9.17, 15) is 4.79 Å². The average Bonchev–Trinajstić information content (AvgIpc) is 2.08. The minimum absolute atomic E-state index is 0.228. The van der Waals surface area contributed by atoms with Gasteiger partial charge in [-0.3, -0.25) is 9.93 Å². The molecule has 1 aromatic rings. The molecule has 0 saturated carbocycles. The zero-order valence-corrected chi connectivity index (χ0v) is 8.21. The third-order valence-corrected chi connectivity index (χ3v) is 2.45. The van der Waals surface area contributed by atoms with Crippen LogP contribution in [0.1, 0.15) is 10.4 Å². The number of halogens is 2. The quantitative estimate of drug-likeness (QED) is 0.743. The van der Waals surface area contributed by atoms with Crippen LogP contribution in [-0.4, -0.2) is 5.12 Å². The van der Waals surface area contributed by atoms with Gasteiger partial charge in [-0.15, -0.1) is 0 Å². The lowest BCUT2D eigenvalue weighted by Crippen LogP contribution is -1.96. The van der Waals surface area contributed by atoms with Crippen LogP contribution in [0.15, 0.2) is 18.2 Å². The SMILES string of the molecule is NSC(=O)c1ccc(Cl)c(Cl)c1. The van der Waals surface area contributed by atoms with Crippen LogP contribution in [0.5, 0.6) is 0 Å². The predicted molar refractivity (Wildman–Crippen MR) is 52.6 cm³/mol. The first-order valence-corrected chi connectivity index (χ1v) is 4.65. The van der Waals surface area contributed by atoms with Gasteiger partial charge in [0.2, 0.25) is 5.12 Å². The third-order valence-electron chi connectivity index (χ3n) is 1.26. The van der Waals surface area contributed by atoms with Gasteiger partial charge >= 0.3 is 0 Å². The lowest BCUT2D eigenvalue weighted by molar-refractivity contribution is 0.108. The highest BCUT2D eigenvalue weighted by atomic mass is 35.5. The Hall–Kier alpha value is -0.220. The topological polar surface area (TPSA) is 43.1 Å². The number of benzene rings is 1. The van der Waals surface area contributed by atoms with Crippen molar-refractivity contribution in [3.8, 4) is 0 Å². The number of nitrogens with two attached hydrogens (primary N) is 1. The molecule has 1 rings (SSSR count). The fraction of sp³-hybridized carbons (Fsp3) is 0. The Bertz CT molecular complexity index is 316. The van der Waals surface area contributed by atoms with Crippen LogP contribution in [0.4, 0.5) is 0 Å². The normalized spacial score (nSPS) is 9.92. The van der Waals surface area contributed by atoms with Crippen molar-refractivity contribution in [2.45, 2.75) is 0 Å². The number of carbonyl (C=O) groups excluding carboxylic acids is 1. The Morgan fingerprint density at radius 3 is 2.50 bits per heavy atom. The fourth-order valence-electron chi connectivity index (χ4n) is 0.691. The van der Waals surface area contributed by atoms with Crippen molar-refractivity contribution in [1.29, 1.82) is 0 Å². The van der Waals surface area contributed by atoms with Crippen LogP contribution in [0.2, 0.25) is 10.0 Å². The summed E-state index contributed by atoms with van der Waals surface area (Å²) in [4.78, 5) is 11.0. The molecule has 1 aromatic carbocycles. The van der Waals surface area contributed by atoms with E-state index in [1.54, 1.807) is 12.1 Å². The maximum Gasteiger partial charge on any atom is 0.233 e. The number of hydrogen-bond acceptors (Lipinski definition) is 3. The minimum Gasteiger partial charge on any atom is -0.280 e. The lowest BCUT2D eigenvalue weighted by Gasteiger charge is -1.98. The highest BCUT2D eigenvalue weighted by molar-refractivity contribution is 8.12. The van der Waals surface area contributed by atoms with Crippen molar-refractivity contribution in [3.05, 3.63) is 33.8 Å². The highest BCUT2D eigenvalue weighted by Crippen LogP contribution is 2.23. The summed E-state index contributed by atoms with van der Waals surface area (Å²) in [5, 5.41) is 5.64. The van der Waals surface area contributed by atoms with Crippen molar-refractivity contribution in [1.82, 2.24) is 0 Å². The first-order valence-electron chi connectivity index (χ1n) is 3.01. The number of carbonyl (C=O) groups is 1. The first kappa shape index (κ1) is 9.86. The summed E-state index contributed by atoms with van der Waals surface area (Å²) in [6.45, 7) is 0. The maximum atomic E-state index is 11.0. The summed E-state index contributed by atoms with van der Waals surface area (Å²) in [6, 6.07) is 4.63. The molecule has 0 atom stereocenters. The first-order chi connectivity index (χ1) is 5.65. The van der Waals surface area contributed by atoms with E-state index < -0.39 is 0 Å². The van der Waals surface area contributed by atoms with E-state index in [1.165, 1.54) is 6.07 Å². The molecule has 5 heteroatoms. The predicted octanol–water partition coefficient (Wildman–Crippen LogP) is 2.74. The molecule has 0 heterocycles. The maximum absolute atomic E-state index is 11.0. The number of rotatable bonds is 1. The molecule has 2 N–H and O–H groups in total. The van der Waals surface area contributed by atoms with Crippen molar-refractivity contribution in [2.75, 3.05) is 0 Å². The molecule has 0 aromatic heterocycles. The van der Waals surface area contributed by atoms with Gasteiger partial charge < -0.3 is 0 Å².